The fraction of sp³-hybridized carbons (Fsp3) is 0.259. The van der Waals surface area contributed by atoms with Gasteiger partial charge in [-0.05, 0) is 63.1 Å². The molecule has 1 N–H and O–H groups in total. The third-order valence-corrected chi connectivity index (χ3v) is 6.74. The van der Waals surface area contributed by atoms with E-state index in [1.54, 1.807) is 13.0 Å². The lowest BCUT2D eigenvalue weighted by Gasteiger charge is -2.10. The maximum atomic E-state index is 13.6. The Morgan fingerprint density at radius 1 is 1.00 bits per heavy atom. The summed E-state index contributed by atoms with van der Waals surface area (Å²) in [5.41, 5.74) is 3.73. The lowest BCUT2D eigenvalue weighted by molar-refractivity contribution is 0.0528. The van der Waals surface area contributed by atoms with Crippen LogP contribution in [0, 0.1) is 6.92 Å². The quantitative estimate of drug-likeness (QED) is 0.294. The number of ether oxygens (including phenoxy) is 2. The zero-order chi connectivity index (χ0) is 24.2. The fourth-order valence-corrected chi connectivity index (χ4v) is 5.18. The van der Waals surface area contributed by atoms with Crippen molar-refractivity contribution in [1.82, 2.24) is 4.57 Å². The molecule has 4 aromatic rings. The number of aromatic nitrogens is 1. The Hall–Kier alpha value is -3.58. The minimum Gasteiger partial charge on any atom is -0.494 e. The van der Waals surface area contributed by atoms with Crippen molar-refractivity contribution in [2.45, 2.75) is 34.2 Å². The van der Waals surface area contributed by atoms with E-state index in [0.717, 1.165) is 32.7 Å². The lowest BCUT2D eigenvalue weighted by Crippen LogP contribution is -2.19. The molecule has 34 heavy (non-hydrogen) atoms. The summed E-state index contributed by atoms with van der Waals surface area (Å²) in [5.74, 6) is 0.0551. The summed E-state index contributed by atoms with van der Waals surface area (Å²) in [7, 11) is 0. The van der Waals surface area contributed by atoms with E-state index in [2.05, 4.69) is 5.32 Å². The van der Waals surface area contributed by atoms with Crippen molar-refractivity contribution in [3.63, 3.8) is 0 Å². The highest BCUT2D eigenvalue weighted by atomic mass is 32.1. The van der Waals surface area contributed by atoms with Gasteiger partial charge in [0.1, 0.15) is 16.4 Å². The summed E-state index contributed by atoms with van der Waals surface area (Å²) in [4.78, 5) is 27.1. The molecule has 2 aromatic heterocycles. The van der Waals surface area contributed by atoms with Crippen LogP contribution < -0.4 is 10.1 Å². The minimum absolute atomic E-state index is 0.258. The van der Waals surface area contributed by atoms with Crippen molar-refractivity contribution in [2.24, 2.45) is 0 Å². The van der Waals surface area contributed by atoms with Crippen LogP contribution in [-0.2, 0) is 11.3 Å². The van der Waals surface area contributed by atoms with Crippen molar-refractivity contribution >= 4 is 39.1 Å². The number of nitrogens with one attached hydrogen (secondary N) is 1. The Labute approximate surface area is 203 Å². The van der Waals surface area contributed by atoms with E-state index in [9.17, 15) is 9.59 Å². The van der Waals surface area contributed by atoms with Crippen molar-refractivity contribution in [3.8, 4) is 16.2 Å². The fourth-order valence-electron chi connectivity index (χ4n) is 4.13. The Kier molecular flexibility index (Phi) is 7.03. The van der Waals surface area contributed by atoms with Gasteiger partial charge in [0, 0.05) is 22.3 Å². The van der Waals surface area contributed by atoms with Crippen LogP contribution in [0.15, 0.2) is 54.6 Å². The summed E-state index contributed by atoms with van der Waals surface area (Å²) in [6.45, 7) is 9.12. The van der Waals surface area contributed by atoms with Gasteiger partial charge in [-0.15, -0.1) is 11.3 Å². The maximum absolute atomic E-state index is 13.6. The summed E-state index contributed by atoms with van der Waals surface area (Å²) in [5, 5.41) is 4.45. The van der Waals surface area contributed by atoms with E-state index < -0.39 is 5.97 Å². The number of carbonyl (C=O) groups is 2. The van der Waals surface area contributed by atoms with E-state index in [0.29, 0.717) is 29.4 Å². The first-order chi connectivity index (χ1) is 16.5. The highest BCUT2D eigenvalue weighted by molar-refractivity contribution is 7.20. The molecule has 7 heteroatoms. The molecule has 0 saturated heterocycles. The van der Waals surface area contributed by atoms with Crippen LogP contribution in [0.2, 0.25) is 0 Å². The molecule has 0 unspecified atom stereocenters. The molecule has 2 heterocycles. The number of fused-ring (bicyclic) bond motifs is 1. The molecular weight excluding hydrogens is 448 g/mol. The summed E-state index contributed by atoms with van der Waals surface area (Å²) >= 11 is 1.36. The zero-order valence-corrected chi connectivity index (χ0v) is 20.6. The average molecular weight is 477 g/mol. The Morgan fingerprint density at radius 3 is 2.44 bits per heavy atom. The number of thiophene rings is 1. The lowest BCUT2D eigenvalue weighted by atomic mass is 10.1. The summed E-state index contributed by atoms with van der Waals surface area (Å²) in [6.07, 6.45) is 0. The molecular formula is C27H28N2O4S. The summed E-state index contributed by atoms with van der Waals surface area (Å²) < 4.78 is 12.9. The monoisotopic (exact) mass is 476 g/mol. The molecule has 0 bridgehead atoms. The predicted octanol–water partition coefficient (Wildman–Crippen LogP) is 6.53. The molecule has 0 aliphatic rings. The maximum Gasteiger partial charge on any atom is 0.341 e. The molecule has 0 aliphatic carbocycles. The normalized spacial score (nSPS) is 10.9. The van der Waals surface area contributed by atoms with E-state index >= 15 is 0 Å². The number of anilines is 1. The van der Waals surface area contributed by atoms with Crippen molar-refractivity contribution < 1.29 is 19.1 Å². The highest BCUT2D eigenvalue weighted by Gasteiger charge is 2.24. The van der Waals surface area contributed by atoms with Crippen molar-refractivity contribution in [2.75, 3.05) is 18.5 Å². The van der Waals surface area contributed by atoms with Gasteiger partial charge < -0.3 is 19.4 Å². The Bertz CT molecular complexity index is 1340. The first-order valence-electron chi connectivity index (χ1n) is 11.4. The third kappa shape index (κ3) is 4.43. The topological polar surface area (TPSA) is 69.6 Å². The molecule has 2 aromatic carbocycles. The van der Waals surface area contributed by atoms with Gasteiger partial charge in [-0.3, -0.25) is 4.79 Å². The number of benzene rings is 2. The summed E-state index contributed by atoms with van der Waals surface area (Å²) in [6, 6.07) is 17.4. The second-order valence-electron chi connectivity index (χ2n) is 7.72. The van der Waals surface area contributed by atoms with Crippen molar-refractivity contribution in [3.05, 3.63) is 71.4 Å². The van der Waals surface area contributed by atoms with Crippen LogP contribution >= 0.6 is 11.3 Å². The predicted molar refractivity (Wildman–Crippen MR) is 137 cm³/mol. The van der Waals surface area contributed by atoms with Crippen LogP contribution in [0.4, 0.5) is 5.00 Å². The standard InChI is InChI=1S/C27H28N2O4S/c1-5-29-22-14-13-19(32-6-2)15-20(22)17(4)24(29)25(30)28-26-21(27(31)33-7-3)16-23(34-26)18-11-9-8-10-12-18/h8-16H,5-7H2,1-4H3,(H,28,30). The van der Waals surface area contributed by atoms with E-state index in [1.807, 2.05) is 73.9 Å². The van der Waals surface area contributed by atoms with Gasteiger partial charge in [-0.2, -0.15) is 0 Å². The number of hydrogen-bond donors (Lipinski definition) is 1. The molecule has 1 amide bonds. The molecule has 0 saturated carbocycles. The van der Waals surface area contributed by atoms with E-state index in [-0.39, 0.29) is 12.5 Å². The Morgan fingerprint density at radius 2 is 1.76 bits per heavy atom. The van der Waals surface area contributed by atoms with Gasteiger partial charge in [0.25, 0.3) is 5.91 Å². The average Bonchev–Trinajstić information content (AvgIpc) is 3.38. The number of esters is 1. The second-order valence-corrected chi connectivity index (χ2v) is 8.78. The third-order valence-electron chi connectivity index (χ3n) is 5.64. The van der Waals surface area contributed by atoms with Crippen LogP contribution in [0.3, 0.4) is 0 Å². The molecule has 0 radical (unpaired) electrons. The molecule has 0 atom stereocenters. The smallest absolute Gasteiger partial charge is 0.341 e. The van der Waals surface area contributed by atoms with Gasteiger partial charge in [0.2, 0.25) is 0 Å². The number of aryl methyl sites for hydroxylation is 2. The largest absolute Gasteiger partial charge is 0.494 e. The molecule has 0 aliphatic heterocycles. The van der Waals surface area contributed by atoms with Gasteiger partial charge in [-0.1, -0.05) is 30.3 Å². The number of nitrogens with zero attached hydrogens (tertiary/aromatic N) is 1. The number of hydrogen-bond acceptors (Lipinski definition) is 5. The van der Waals surface area contributed by atoms with Crippen LogP contribution in [-0.4, -0.2) is 29.7 Å². The zero-order valence-electron chi connectivity index (χ0n) is 19.8. The van der Waals surface area contributed by atoms with Crippen molar-refractivity contribution in [1.29, 1.82) is 0 Å². The van der Waals surface area contributed by atoms with Gasteiger partial charge in [0.15, 0.2) is 0 Å². The van der Waals surface area contributed by atoms with Gasteiger partial charge in [-0.25, -0.2) is 4.79 Å². The van der Waals surface area contributed by atoms with Crippen LogP contribution in [0.1, 0.15) is 47.2 Å². The number of amides is 1. The molecule has 176 valence electrons. The van der Waals surface area contributed by atoms with Gasteiger partial charge >= 0.3 is 5.97 Å². The first kappa shape index (κ1) is 23.6. The Balaban J connectivity index is 1.75. The van der Waals surface area contributed by atoms with Crippen LogP contribution in [0.25, 0.3) is 21.3 Å². The molecule has 6 nitrogen and oxygen atoms in total. The SMILES string of the molecule is CCOC(=O)c1cc(-c2ccccc2)sc1NC(=O)c1c(C)c2cc(OCC)ccc2n1CC. The molecule has 0 fully saturated rings. The van der Waals surface area contributed by atoms with E-state index in [1.165, 1.54) is 11.3 Å². The molecule has 0 spiro atoms. The second kappa shape index (κ2) is 10.1. The minimum atomic E-state index is -0.453. The number of rotatable bonds is 8. The number of carbonyl (C=O) groups excluding carboxylic acids is 2. The van der Waals surface area contributed by atoms with Gasteiger partial charge in [0.05, 0.1) is 18.8 Å². The molecule has 4 rings (SSSR count). The highest BCUT2D eigenvalue weighted by Crippen LogP contribution is 2.37. The van der Waals surface area contributed by atoms with Crippen LogP contribution in [0.5, 0.6) is 5.75 Å². The van der Waals surface area contributed by atoms with E-state index in [4.69, 9.17) is 9.47 Å². The first-order valence-corrected chi connectivity index (χ1v) is 12.2.